The van der Waals surface area contributed by atoms with E-state index in [4.69, 9.17) is 17.3 Å². The SMILES string of the molecule is Nc1ccc2c(Cl)nc(-c3ccncc3)n2c1. The number of halogens is 1. The summed E-state index contributed by atoms with van der Waals surface area (Å²) in [5, 5.41) is 0.469. The van der Waals surface area contributed by atoms with Crippen molar-refractivity contribution in [2.24, 2.45) is 0 Å². The Morgan fingerprint density at radius 2 is 1.88 bits per heavy atom. The fourth-order valence-electron chi connectivity index (χ4n) is 1.77. The van der Waals surface area contributed by atoms with Crippen LogP contribution in [0.25, 0.3) is 16.9 Å². The second-order valence-electron chi connectivity index (χ2n) is 3.68. The predicted octanol–water partition coefficient (Wildman–Crippen LogP) is 2.63. The van der Waals surface area contributed by atoms with E-state index >= 15 is 0 Å². The molecule has 2 N–H and O–H groups in total. The second kappa shape index (κ2) is 3.75. The molecule has 0 aliphatic heterocycles. The molecule has 4 nitrogen and oxygen atoms in total. The van der Waals surface area contributed by atoms with Gasteiger partial charge in [-0.3, -0.25) is 9.38 Å². The number of nitrogens with two attached hydrogens (primary N) is 1. The van der Waals surface area contributed by atoms with Crippen molar-refractivity contribution in [2.45, 2.75) is 0 Å². The van der Waals surface area contributed by atoms with E-state index in [9.17, 15) is 0 Å². The summed E-state index contributed by atoms with van der Waals surface area (Å²) in [5.41, 5.74) is 8.24. The van der Waals surface area contributed by atoms with Crippen molar-refractivity contribution in [1.82, 2.24) is 14.4 Å². The standard InChI is InChI=1S/C12H9ClN4/c13-11-10-2-1-9(14)7-17(10)12(16-11)8-3-5-15-6-4-8/h1-7H,14H2. The first-order valence-electron chi connectivity index (χ1n) is 5.09. The van der Waals surface area contributed by atoms with Crippen LogP contribution in [0.4, 0.5) is 5.69 Å². The van der Waals surface area contributed by atoms with Crippen LogP contribution in [0.5, 0.6) is 0 Å². The lowest BCUT2D eigenvalue weighted by Gasteiger charge is -2.01. The van der Waals surface area contributed by atoms with E-state index in [1.165, 1.54) is 0 Å². The number of hydrogen-bond donors (Lipinski definition) is 1. The van der Waals surface area contributed by atoms with Gasteiger partial charge in [-0.25, -0.2) is 4.98 Å². The molecule has 84 valence electrons. The fourth-order valence-corrected chi connectivity index (χ4v) is 2.00. The lowest BCUT2D eigenvalue weighted by atomic mass is 10.2. The van der Waals surface area contributed by atoms with Gasteiger partial charge in [0.05, 0.1) is 5.52 Å². The smallest absolute Gasteiger partial charge is 0.155 e. The first kappa shape index (κ1) is 10.1. The van der Waals surface area contributed by atoms with E-state index < -0.39 is 0 Å². The first-order valence-corrected chi connectivity index (χ1v) is 5.47. The van der Waals surface area contributed by atoms with Crippen molar-refractivity contribution >= 4 is 22.8 Å². The third-order valence-corrected chi connectivity index (χ3v) is 2.83. The predicted molar refractivity (Wildman–Crippen MR) is 67.8 cm³/mol. The minimum absolute atomic E-state index is 0.469. The van der Waals surface area contributed by atoms with Crippen LogP contribution >= 0.6 is 11.6 Å². The first-order chi connectivity index (χ1) is 8.25. The summed E-state index contributed by atoms with van der Waals surface area (Å²) in [5.74, 6) is 0.764. The molecule has 0 aromatic carbocycles. The molecule has 0 aliphatic carbocycles. The fraction of sp³-hybridized carbons (Fsp3) is 0. The van der Waals surface area contributed by atoms with Crippen molar-refractivity contribution < 1.29 is 0 Å². The molecule has 0 saturated heterocycles. The summed E-state index contributed by atoms with van der Waals surface area (Å²) in [6, 6.07) is 7.43. The van der Waals surface area contributed by atoms with E-state index in [0.717, 1.165) is 16.9 Å². The van der Waals surface area contributed by atoms with Crippen LogP contribution in [-0.4, -0.2) is 14.4 Å². The number of pyridine rings is 2. The zero-order chi connectivity index (χ0) is 11.8. The molecule has 0 atom stereocenters. The van der Waals surface area contributed by atoms with Crippen LogP contribution in [0.2, 0.25) is 5.15 Å². The summed E-state index contributed by atoms with van der Waals surface area (Å²) in [7, 11) is 0. The molecule has 0 saturated carbocycles. The average Bonchev–Trinajstić information content (AvgIpc) is 2.67. The minimum Gasteiger partial charge on any atom is -0.398 e. The Bertz CT molecular complexity index is 676. The average molecular weight is 245 g/mol. The van der Waals surface area contributed by atoms with E-state index in [1.54, 1.807) is 18.5 Å². The molecule has 3 heterocycles. The van der Waals surface area contributed by atoms with Gasteiger partial charge < -0.3 is 5.73 Å². The zero-order valence-corrected chi connectivity index (χ0v) is 9.59. The molecule has 0 unspecified atom stereocenters. The maximum atomic E-state index is 6.09. The van der Waals surface area contributed by atoms with Crippen LogP contribution in [-0.2, 0) is 0 Å². The summed E-state index contributed by atoms with van der Waals surface area (Å²) in [6.07, 6.45) is 5.25. The van der Waals surface area contributed by atoms with Crippen LogP contribution in [0.3, 0.4) is 0 Å². The van der Waals surface area contributed by atoms with Crippen molar-refractivity contribution in [3.8, 4) is 11.4 Å². The van der Waals surface area contributed by atoms with Crippen LogP contribution < -0.4 is 5.73 Å². The molecule has 3 aromatic heterocycles. The zero-order valence-electron chi connectivity index (χ0n) is 8.84. The minimum atomic E-state index is 0.469. The van der Waals surface area contributed by atoms with Gasteiger partial charge in [0.2, 0.25) is 0 Å². The van der Waals surface area contributed by atoms with Gasteiger partial charge in [-0.15, -0.1) is 0 Å². The van der Waals surface area contributed by atoms with Gasteiger partial charge in [-0.2, -0.15) is 0 Å². The summed E-state index contributed by atoms with van der Waals surface area (Å²) < 4.78 is 1.88. The number of aromatic nitrogens is 3. The highest BCUT2D eigenvalue weighted by molar-refractivity contribution is 6.32. The molecule has 0 amide bonds. The Morgan fingerprint density at radius 3 is 2.65 bits per heavy atom. The van der Waals surface area contributed by atoms with Gasteiger partial charge in [-0.05, 0) is 24.3 Å². The van der Waals surface area contributed by atoms with E-state index in [1.807, 2.05) is 28.8 Å². The normalized spacial score (nSPS) is 10.9. The molecule has 17 heavy (non-hydrogen) atoms. The third-order valence-electron chi connectivity index (χ3n) is 2.55. The van der Waals surface area contributed by atoms with Crippen molar-refractivity contribution in [3.63, 3.8) is 0 Å². The number of anilines is 1. The Kier molecular flexibility index (Phi) is 2.23. The Labute approximate surface area is 103 Å². The van der Waals surface area contributed by atoms with E-state index in [0.29, 0.717) is 10.8 Å². The topological polar surface area (TPSA) is 56.2 Å². The number of fused-ring (bicyclic) bond motifs is 1. The highest BCUT2D eigenvalue weighted by Gasteiger charge is 2.10. The van der Waals surface area contributed by atoms with E-state index in [2.05, 4.69) is 9.97 Å². The lowest BCUT2D eigenvalue weighted by Crippen LogP contribution is -1.92. The quantitative estimate of drug-likeness (QED) is 0.716. The van der Waals surface area contributed by atoms with Gasteiger partial charge >= 0.3 is 0 Å². The highest BCUT2D eigenvalue weighted by Crippen LogP contribution is 2.26. The molecule has 0 aliphatic rings. The van der Waals surface area contributed by atoms with Gasteiger partial charge in [0.1, 0.15) is 5.82 Å². The molecule has 3 rings (SSSR count). The van der Waals surface area contributed by atoms with Gasteiger partial charge in [0.15, 0.2) is 5.15 Å². The Morgan fingerprint density at radius 1 is 1.12 bits per heavy atom. The van der Waals surface area contributed by atoms with Crippen molar-refractivity contribution in [2.75, 3.05) is 5.73 Å². The molecule has 0 radical (unpaired) electrons. The van der Waals surface area contributed by atoms with Gasteiger partial charge in [0, 0.05) is 29.8 Å². The summed E-state index contributed by atoms with van der Waals surface area (Å²) in [4.78, 5) is 8.33. The molecule has 5 heteroatoms. The van der Waals surface area contributed by atoms with Crippen LogP contribution in [0.15, 0.2) is 42.9 Å². The number of imidazole rings is 1. The molecule has 0 spiro atoms. The second-order valence-corrected chi connectivity index (χ2v) is 4.04. The molecule has 0 fully saturated rings. The maximum absolute atomic E-state index is 6.09. The van der Waals surface area contributed by atoms with Gasteiger partial charge in [-0.1, -0.05) is 11.6 Å². The molecular formula is C12H9ClN4. The van der Waals surface area contributed by atoms with Crippen molar-refractivity contribution in [3.05, 3.63) is 48.0 Å². The number of nitrogen functional groups attached to an aromatic ring is 1. The maximum Gasteiger partial charge on any atom is 0.155 e. The molecular weight excluding hydrogens is 236 g/mol. The number of hydrogen-bond acceptors (Lipinski definition) is 3. The highest BCUT2D eigenvalue weighted by atomic mass is 35.5. The molecule has 0 bridgehead atoms. The molecule has 3 aromatic rings. The largest absolute Gasteiger partial charge is 0.398 e. The number of nitrogens with zero attached hydrogens (tertiary/aromatic N) is 3. The van der Waals surface area contributed by atoms with Crippen LogP contribution in [0, 0.1) is 0 Å². The van der Waals surface area contributed by atoms with Crippen LogP contribution in [0.1, 0.15) is 0 Å². The summed E-state index contributed by atoms with van der Waals surface area (Å²) in [6.45, 7) is 0. The Balaban J connectivity index is 2.34. The summed E-state index contributed by atoms with van der Waals surface area (Å²) >= 11 is 6.09. The van der Waals surface area contributed by atoms with Crippen molar-refractivity contribution in [1.29, 1.82) is 0 Å². The van der Waals surface area contributed by atoms with E-state index in [-0.39, 0.29) is 0 Å². The van der Waals surface area contributed by atoms with Gasteiger partial charge in [0.25, 0.3) is 0 Å². The third kappa shape index (κ3) is 1.62. The Hall–Kier alpha value is -2.07. The monoisotopic (exact) mass is 244 g/mol. The number of rotatable bonds is 1. The lowest BCUT2D eigenvalue weighted by molar-refractivity contribution is 1.16.